The van der Waals surface area contributed by atoms with Crippen molar-refractivity contribution in [1.82, 2.24) is 4.57 Å². The predicted molar refractivity (Wildman–Crippen MR) is 144 cm³/mol. The van der Waals surface area contributed by atoms with E-state index in [1.54, 1.807) is 42.6 Å². The maximum absolute atomic E-state index is 13.8. The molecule has 1 aliphatic rings. The second-order valence-electron chi connectivity index (χ2n) is 9.36. The van der Waals surface area contributed by atoms with Crippen molar-refractivity contribution in [2.75, 3.05) is 17.5 Å². The van der Waals surface area contributed by atoms with Crippen LogP contribution in [0.2, 0.25) is 0 Å². The van der Waals surface area contributed by atoms with Gasteiger partial charge in [-0.2, -0.15) is 0 Å². The van der Waals surface area contributed by atoms with Gasteiger partial charge in [-0.25, -0.2) is 8.42 Å². The van der Waals surface area contributed by atoms with Crippen molar-refractivity contribution < 1.29 is 27.5 Å². The van der Waals surface area contributed by atoms with Gasteiger partial charge in [-0.3, -0.25) is 18.5 Å². The summed E-state index contributed by atoms with van der Waals surface area (Å²) in [6.07, 6.45) is 1.74. The average Bonchev–Trinajstić information content (AvgIpc) is 3.45. The third-order valence-corrected chi connectivity index (χ3v) is 8.49. The van der Waals surface area contributed by atoms with E-state index in [2.05, 4.69) is 0 Å². The minimum Gasteiger partial charge on any atom is -0.487 e. The first-order valence-corrected chi connectivity index (χ1v) is 13.7. The fraction of sp³-hybridized carbons (Fsp3) is 0.241. The lowest BCUT2D eigenvalue weighted by Crippen LogP contribution is -2.30. The summed E-state index contributed by atoms with van der Waals surface area (Å²) in [5.41, 5.74) is 3.46. The molecule has 2 heterocycles. The Kier molecular flexibility index (Phi) is 6.71. The molecular weight excluding hydrogens is 504 g/mol. The van der Waals surface area contributed by atoms with Gasteiger partial charge < -0.3 is 9.47 Å². The van der Waals surface area contributed by atoms with Gasteiger partial charge in [0.15, 0.2) is 0 Å². The normalized spacial score (nSPS) is 14.9. The Morgan fingerprint density at radius 2 is 1.66 bits per heavy atom. The molecule has 0 bridgehead atoms. The minimum atomic E-state index is -3.93. The van der Waals surface area contributed by atoms with Gasteiger partial charge in [-0.05, 0) is 35.7 Å². The van der Waals surface area contributed by atoms with E-state index in [1.807, 2.05) is 37.3 Å². The Labute approximate surface area is 221 Å². The summed E-state index contributed by atoms with van der Waals surface area (Å²) in [5, 5.41) is 0.726. The molecule has 0 aliphatic carbocycles. The average molecular weight is 533 g/mol. The third kappa shape index (κ3) is 4.54. The molecule has 9 heteroatoms. The van der Waals surface area contributed by atoms with Crippen molar-refractivity contribution >= 4 is 38.5 Å². The Bertz CT molecular complexity index is 1630. The molecule has 1 aliphatic heterocycles. The van der Waals surface area contributed by atoms with Gasteiger partial charge in [0.25, 0.3) is 10.0 Å². The zero-order chi connectivity index (χ0) is 27.0. The molecule has 0 N–H and O–H groups in total. The van der Waals surface area contributed by atoms with Crippen LogP contribution in [0.25, 0.3) is 10.9 Å². The van der Waals surface area contributed by atoms with Crippen LogP contribution in [-0.2, 0) is 26.2 Å². The summed E-state index contributed by atoms with van der Waals surface area (Å²) in [7, 11) is -3.93. The number of aromatic nitrogens is 1. The van der Waals surface area contributed by atoms with Crippen LogP contribution in [0.3, 0.4) is 0 Å². The molecule has 4 aromatic rings. The van der Waals surface area contributed by atoms with Crippen molar-refractivity contribution in [3.8, 4) is 5.75 Å². The lowest BCUT2D eigenvalue weighted by Gasteiger charge is -2.21. The maximum atomic E-state index is 13.8. The first-order valence-electron chi connectivity index (χ1n) is 12.3. The van der Waals surface area contributed by atoms with Crippen LogP contribution in [0.1, 0.15) is 41.3 Å². The van der Waals surface area contributed by atoms with Gasteiger partial charge in [-0.1, -0.05) is 48.5 Å². The molecule has 0 spiro atoms. The molecule has 0 saturated heterocycles. The van der Waals surface area contributed by atoms with Gasteiger partial charge in [0, 0.05) is 44.0 Å². The quantitative estimate of drug-likeness (QED) is 0.309. The number of rotatable bonds is 7. The minimum absolute atomic E-state index is 0.00710. The molecule has 0 saturated carbocycles. The fourth-order valence-electron chi connectivity index (χ4n) is 5.01. The number of sulfonamides is 1. The molecule has 38 heavy (non-hydrogen) atoms. The largest absolute Gasteiger partial charge is 0.487 e. The highest BCUT2D eigenvalue weighted by molar-refractivity contribution is 7.92. The van der Waals surface area contributed by atoms with E-state index in [0.717, 1.165) is 16.5 Å². The van der Waals surface area contributed by atoms with E-state index in [0.29, 0.717) is 22.5 Å². The van der Waals surface area contributed by atoms with Crippen molar-refractivity contribution in [3.05, 3.63) is 89.6 Å². The fourth-order valence-corrected chi connectivity index (χ4v) is 6.56. The highest BCUT2D eigenvalue weighted by atomic mass is 32.2. The number of anilines is 1. The highest BCUT2D eigenvalue weighted by Crippen LogP contribution is 2.48. The van der Waals surface area contributed by atoms with Crippen LogP contribution in [-0.4, -0.2) is 38.0 Å². The maximum Gasteiger partial charge on any atom is 0.302 e. The molecule has 0 amide bonds. The monoisotopic (exact) mass is 532 g/mol. The van der Waals surface area contributed by atoms with Crippen LogP contribution < -0.4 is 9.04 Å². The Balaban J connectivity index is 1.73. The summed E-state index contributed by atoms with van der Waals surface area (Å²) >= 11 is 0. The number of aryl methyl sites for hydroxylation is 1. The van der Waals surface area contributed by atoms with Crippen molar-refractivity contribution in [2.24, 2.45) is 0 Å². The van der Waals surface area contributed by atoms with E-state index >= 15 is 0 Å². The summed E-state index contributed by atoms with van der Waals surface area (Å²) in [5.74, 6) is -0.684. The van der Waals surface area contributed by atoms with Crippen LogP contribution >= 0.6 is 0 Å². The molecule has 196 valence electrons. The van der Waals surface area contributed by atoms with E-state index in [4.69, 9.17) is 9.47 Å². The van der Waals surface area contributed by atoms with Crippen LogP contribution in [0.4, 0.5) is 5.69 Å². The van der Waals surface area contributed by atoms with Gasteiger partial charge >= 0.3 is 5.97 Å². The zero-order valence-corrected chi connectivity index (χ0v) is 22.2. The van der Waals surface area contributed by atoms with Gasteiger partial charge in [0.1, 0.15) is 12.4 Å². The number of fused-ring (bicyclic) bond motifs is 3. The Morgan fingerprint density at radius 3 is 2.29 bits per heavy atom. The second-order valence-corrected chi connectivity index (χ2v) is 11.2. The zero-order valence-electron chi connectivity index (χ0n) is 21.4. The van der Waals surface area contributed by atoms with Crippen LogP contribution in [0.15, 0.2) is 77.8 Å². The third-order valence-electron chi connectivity index (χ3n) is 6.70. The molecule has 8 nitrogen and oxygen atoms in total. The molecule has 1 aromatic heterocycles. The van der Waals surface area contributed by atoms with Crippen molar-refractivity contribution in [3.63, 3.8) is 0 Å². The van der Waals surface area contributed by atoms with Crippen LogP contribution in [0, 0.1) is 6.92 Å². The van der Waals surface area contributed by atoms with Crippen molar-refractivity contribution in [2.45, 2.75) is 38.2 Å². The summed E-state index contributed by atoms with van der Waals surface area (Å²) in [4.78, 5) is 24.5. The summed E-state index contributed by atoms with van der Waals surface area (Å²) in [6.45, 7) is 4.99. The van der Waals surface area contributed by atoms with E-state index in [1.165, 1.54) is 22.7 Å². The molecule has 5 rings (SSSR count). The molecule has 1 atom stereocenters. The van der Waals surface area contributed by atoms with Gasteiger partial charge in [0.05, 0.1) is 22.7 Å². The SMILES string of the molecule is CC(=O)OCC1CN(S(=O)(=O)c2ccccc2)c2cc(OCc3ccccc3)c3c(c(C)cn3C(C)=O)c21. The molecule has 0 radical (unpaired) electrons. The predicted octanol–water partition coefficient (Wildman–Crippen LogP) is 5.04. The first-order chi connectivity index (χ1) is 18.2. The number of ether oxygens (including phenoxy) is 2. The summed E-state index contributed by atoms with van der Waals surface area (Å²) < 4.78 is 42.1. The first kappa shape index (κ1) is 25.5. The van der Waals surface area contributed by atoms with Gasteiger partial charge in [0.2, 0.25) is 5.91 Å². The number of hydrogen-bond donors (Lipinski definition) is 0. The smallest absolute Gasteiger partial charge is 0.302 e. The van der Waals surface area contributed by atoms with E-state index in [9.17, 15) is 18.0 Å². The van der Waals surface area contributed by atoms with Gasteiger partial charge in [-0.15, -0.1) is 0 Å². The number of hydrogen-bond acceptors (Lipinski definition) is 6. The van der Waals surface area contributed by atoms with Crippen LogP contribution in [0.5, 0.6) is 5.75 Å². The standard InChI is InChI=1S/C29H28N2O6S/c1-19-15-30(20(2)32)29-26(37-17-22-10-6-4-7-11-22)14-25-28(27(19)29)23(18-36-21(3)33)16-31(25)38(34,35)24-12-8-5-9-13-24/h4-15,23H,16-18H2,1-3H3. The topological polar surface area (TPSA) is 94.9 Å². The second kappa shape index (κ2) is 9.98. The molecule has 1 unspecified atom stereocenters. The number of carbonyl (C=O) groups excluding carboxylic acids is 2. The molecule has 0 fully saturated rings. The number of benzene rings is 3. The molecule has 3 aromatic carbocycles. The van der Waals surface area contributed by atoms with E-state index < -0.39 is 21.9 Å². The lowest BCUT2D eigenvalue weighted by atomic mass is 9.96. The Morgan fingerprint density at radius 1 is 1.00 bits per heavy atom. The highest BCUT2D eigenvalue weighted by Gasteiger charge is 2.40. The molecular formula is C29H28N2O6S. The lowest BCUT2D eigenvalue weighted by molar-refractivity contribution is -0.141. The van der Waals surface area contributed by atoms with Crippen molar-refractivity contribution in [1.29, 1.82) is 0 Å². The Hall–Kier alpha value is -4.11. The number of nitrogens with zero attached hydrogens (tertiary/aromatic N) is 2. The summed E-state index contributed by atoms with van der Waals surface area (Å²) in [6, 6.07) is 19.5. The number of esters is 1. The number of carbonyl (C=O) groups is 2. The van der Waals surface area contributed by atoms with E-state index in [-0.39, 0.29) is 30.6 Å².